The molecule has 0 amide bonds. The second kappa shape index (κ2) is 4.30. The van der Waals surface area contributed by atoms with Crippen molar-refractivity contribution in [1.82, 2.24) is 0 Å². The van der Waals surface area contributed by atoms with E-state index >= 15 is 0 Å². The lowest BCUT2D eigenvalue weighted by atomic mass is 10.0. The predicted molar refractivity (Wildman–Crippen MR) is 67.6 cm³/mol. The van der Waals surface area contributed by atoms with Crippen LogP contribution in [0, 0.1) is 11.6 Å². The first-order valence-electron chi connectivity index (χ1n) is 6.01. The molecular weight excluding hydrogens is 304 g/mol. The number of rotatable bonds is 1. The number of carbonyl (C=O) groups is 1. The maximum atomic E-state index is 14.0. The minimum absolute atomic E-state index is 0.0336. The number of benzene rings is 1. The Kier molecular flexibility index (Phi) is 2.88. The largest absolute Gasteiger partial charge is 0.362 e. The molecule has 2 nitrogen and oxygen atoms in total. The zero-order chi connectivity index (χ0) is 12.9. The van der Waals surface area contributed by atoms with Crippen LogP contribution in [0.1, 0.15) is 25.7 Å². The van der Waals surface area contributed by atoms with Crippen LogP contribution in [0.3, 0.4) is 0 Å². The quantitative estimate of drug-likeness (QED) is 0.740. The molecule has 18 heavy (non-hydrogen) atoms. The average Bonchev–Trinajstić information content (AvgIpc) is 2.56. The molecule has 0 radical (unpaired) electrons. The fourth-order valence-electron chi connectivity index (χ4n) is 3.07. The summed E-state index contributed by atoms with van der Waals surface area (Å²) in [6.07, 6.45) is 2.67. The van der Waals surface area contributed by atoms with Crippen LogP contribution in [0.5, 0.6) is 0 Å². The number of carbonyl (C=O) groups excluding carboxylic acids is 1. The molecule has 2 fully saturated rings. The Bertz CT molecular complexity index is 504. The van der Waals surface area contributed by atoms with E-state index in [0.29, 0.717) is 12.8 Å². The van der Waals surface area contributed by atoms with Gasteiger partial charge in [0.25, 0.3) is 0 Å². The van der Waals surface area contributed by atoms with Crippen molar-refractivity contribution in [2.45, 2.75) is 37.8 Å². The molecule has 2 aliphatic rings. The third-order valence-electron chi connectivity index (χ3n) is 3.81. The molecule has 2 unspecified atom stereocenters. The molecule has 2 heterocycles. The molecule has 2 saturated heterocycles. The molecule has 1 aromatic carbocycles. The summed E-state index contributed by atoms with van der Waals surface area (Å²) < 4.78 is 27.7. The molecular formula is C13H12BrF2NO. The van der Waals surface area contributed by atoms with Crippen molar-refractivity contribution in [3.63, 3.8) is 0 Å². The van der Waals surface area contributed by atoms with E-state index in [9.17, 15) is 13.6 Å². The Hall–Kier alpha value is -0.970. The zero-order valence-electron chi connectivity index (χ0n) is 9.63. The number of hydrogen-bond donors (Lipinski definition) is 0. The summed E-state index contributed by atoms with van der Waals surface area (Å²) in [7, 11) is 0. The fourth-order valence-corrected chi connectivity index (χ4v) is 3.39. The van der Waals surface area contributed by atoms with E-state index in [0.717, 1.165) is 18.9 Å². The van der Waals surface area contributed by atoms with Crippen LogP contribution < -0.4 is 4.90 Å². The van der Waals surface area contributed by atoms with Crippen molar-refractivity contribution < 1.29 is 13.6 Å². The van der Waals surface area contributed by atoms with Gasteiger partial charge in [-0.2, -0.15) is 0 Å². The predicted octanol–water partition coefficient (Wildman–Crippen LogP) is 3.43. The molecule has 2 aliphatic heterocycles. The third kappa shape index (κ3) is 1.85. The molecule has 5 heteroatoms. The second-order valence-corrected chi connectivity index (χ2v) is 5.81. The van der Waals surface area contributed by atoms with E-state index < -0.39 is 11.6 Å². The van der Waals surface area contributed by atoms with Crippen molar-refractivity contribution in [1.29, 1.82) is 0 Å². The van der Waals surface area contributed by atoms with Gasteiger partial charge in [0.1, 0.15) is 17.4 Å². The van der Waals surface area contributed by atoms with Crippen molar-refractivity contribution in [2.24, 2.45) is 0 Å². The van der Waals surface area contributed by atoms with Gasteiger partial charge < -0.3 is 4.90 Å². The number of ketones is 1. The Morgan fingerprint density at radius 1 is 1.11 bits per heavy atom. The summed E-state index contributed by atoms with van der Waals surface area (Å²) in [6.45, 7) is 0. The first-order valence-corrected chi connectivity index (χ1v) is 6.80. The van der Waals surface area contributed by atoms with Crippen molar-refractivity contribution in [2.75, 3.05) is 4.90 Å². The molecule has 2 atom stereocenters. The molecule has 0 spiro atoms. The number of fused-ring (bicyclic) bond motifs is 2. The van der Waals surface area contributed by atoms with E-state index in [2.05, 4.69) is 15.9 Å². The maximum Gasteiger partial charge on any atom is 0.147 e. The molecule has 1 aromatic rings. The highest BCUT2D eigenvalue weighted by molar-refractivity contribution is 9.10. The molecule has 2 bridgehead atoms. The topological polar surface area (TPSA) is 20.3 Å². The van der Waals surface area contributed by atoms with Gasteiger partial charge >= 0.3 is 0 Å². The third-order valence-corrected chi connectivity index (χ3v) is 4.42. The smallest absolute Gasteiger partial charge is 0.147 e. The summed E-state index contributed by atoms with van der Waals surface area (Å²) in [5.41, 5.74) is 0.288. The van der Waals surface area contributed by atoms with E-state index in [1.165, 1.54) is 6.07 Å². The number of anilines is 1. The normalized spacial score (nSPS) is 26.8. The molecule has 96 valence electrons. The van der Waals surface area contributed by atoms with Gasteiger partial charge in [0, 0.05) is 31.0 Å². The Morgan fingerprint density at radius 2 is 1.72 bits per heavy atom. The number of piperidine rings is 1. The standard InChI is InChI=1S/C13H12BrF2NO/c14-10-5-12(16)13(6-11(10)15)17-7-1-2-8(17)4-9(18)3-7/h5-8H,1-4H2. The Morgan fingerprint density at radius 3 is 2.33 bits per heavy atom. The summed E-state index contributed by atoms with van der Waals surface area (Å²) in [4.78, 5) is 13.4. The van der Waals surface area contributed by atoms with Gasteiger partial charge in [-0.1, -0.05) is 0 Å². The maximum absolute atomic E-state index is 14.0. The second-order valence-electron chi connectivity index (χ2n) is 4.96. The van der Waals surface area contributed by atoms with Gasteiger partial charge in [0.2, 0.25) is 0 Å². The first-order chi connectivity index (χ1) is 8.56. The minimum atomic E-state index is -0.470. The molecule has 0 N–H and O–H groups in total. The molecule has 0 aliphatic carbocycles. The van der Waals surface area contributed by atoms with Gasteiger partial charge in [0.05, 0.1) is 10.2 Å². The summed E-state index contributed by atoms with van der Waals surface area (Å²) >= 11 is 2.97. The van der Waals surface area contributed by atoms with E-state index in [4.69, 9.17) is 0 Å². The number of halogens is 3. The van der Waals surface area contributed by atoms with Crippen LogP contribution in [0.2, 0.25) is 0 Å². The summed E-state index contributed by atoms with van der Waals surface area (Å²) in [5.74, 6) is -0.672. The summed E-state index contributed by atoms with van der Waals surface area (Å²) in [5, 5.41) is 0. The van der Waals surface area contributed by atoms with Crippen LogP contribution in [-0.4, -0.2) is 17.9 Å². The number of Topliss-reactive ketones (excluding diaryl/α,β-unsaturated/α-hetero) is 1. The van der Waals surface area contributed by atoms with Gasteiger partial charge in [0.15, 0.2) is 0 Å². The lowest BCUT2D eigenvalue weighted by Gasteiger charge is -2.36. The van der Waals surface area contributed by atoms with Crippen LogP contribution in [0.4, 0.5) is 14.5 Å². The lowest BCUT2D eigenvalue weighted by Crippen LogP contribution is -2.43. The van der Waals surface area contributed by atoms with Crippen molar-refractivity contribution >= 4 is 27.4 Å². The van der Waals surface area contributed by atoms with Gasteiger partial charge in [-0.3, -0.25) is 4.79 Å². The first kappa shape index (κ1) is 12.1. The summed E-state index contributed by atoms with van der Waals surface area (Å²) in [6, 6.07) is 2.44. The van der Waals surface area contributed by atoms with Gasteiger partial charge in [-0.05, 0) is 34.8 Å². The SMILES string of the molecule is O=C1CC2CCC(C1)N2c1cc(F)c(Br)cc1F. The average molecular weight is 316 g/mol. The Balaban J connectivity index is 2.01. The van der Waals surface area contributed by atoms with Gasteiger partial charge in [-0.15, -0.1) is 0 Å². The van der Waals surface area contributed by atoms with Crippen molar-refractivity contribution in [3.05, 3.63) is 28.2 Å². The van der Waals surface area contributed by atoms with E-state index in [1.54, 1.807) is 0 Å². The zero-order valence-corrected chi connectivity index (χ0v) is 11.2. The highest BCUT2D eigenvalue weighted by atomic mass is 79.9. The van der Waals surface area contributed by atoms with E-state index in [1.807, 2.05) is 4.90 Å². The van der Waals surface area contributed by atoms with E-state index in [-0.39, 0.29) is 28.0 Å². The Labute approximate surface area is 112 Å². The van der Waals surface area contributed by atoms with Gasteiger partial charge in [-0.25, -0.2) is 8.78 Å². The highest BCUT2D eigenvalue weighted by Gasteiger charge is 2.41. The number of hydrogen-bond acceptors (Lipinski definition) is 2. The van der Waals surface area contributed by atoms with Crippen LogP contribution in [0.15, 0.2) is 16.6 Å². The monoisotopic (exact) mass is 315 g/mol. The lowest BCUT2D eigenvalue weighted by molar-refractivity contribution is -0.120. The number of nitrogens with zero attached hydrogens (tertiary/aromatic N) is 1. The highest BCUT2D eigenvalue weighted by Crippen LogP contribution is 2.40. The molecule has 0 aromatic heterocycles. The van der Waals surface area contributed by atoms with Crippen LogP contribution >= 0.6 is 15.9 Å². The minimum Gasteiger partial charge on any atom is -0.362 e. The molecule has 3 rings (SSSR count). The van der Waals surface area contributed by atoms with Crippen LogP contribution in [-0.2, 0) is 4.79 Å². The fraction of sp³-hybridized carbons (Fsp3) is 0.462. The van der Waals surface area contributed by atoms with Crippen LogP contribution in [0.25, 0.3) is 0 Å². The van der Waals surface area contributed by atoms with Crippen molar-refractivity contribution in [3.8, 4) is 0 Å². The molecule has 0 saturated carbocycles.